The first-order valence-electron chi connectivity index (χ1n) is 5.33. The van der Waals surface area contributed by atoms with Crippen molar-refractivity contribution in [3.05, 3.63) is 35.5 Å². The number of nitrogens with zero attached hydrogens (tertiary/aromatic N) is 1. The molecule has 0 radical (unpaired) electrons. The van der Waals surface area contributed by atoms with Gasteiger partial charge in [0, 0.05) is 0 Å². The second-order valence-electron chi connectivity index (χ2n) is 3.97. The molecule has 0 spiro atoms. The van der Waals surface area contributed by atoms with E-state index < -0.39 is 0 Å². The molecule has 3 N–H and O–H groups in total. The number of anilines is 1. The molecule has 0 saturated carbocycles. The van der Waals surface area contributed by atoms with Gasteiger partial charge in [0.2, 0.25) is 0 Å². The first kappa shape index (κ1) is 9.42. The molecule has 4 nitrogen and oxygen atoms in total. The predicted molar refractivity (Wildman–Crippen MR) is 61.8 cm³/mol. The molecular weight excluding hydrogens is 202 g/mol. The van der Waals surface area contributed by atoms with Gasteiger partial charge in [-0.3, -0.25) is 0 Å². The second-order valence-corrected chi connectivity index (χ2v) is 3.97. The summed E-state index contributed by atoms with van der Waals surface area (Å²) in [5, 5.41) is 0. The number of H-pyrrole nitrogens is 1. The monoisotopic (exact) mass is 215 g/mol. The third kappa shape index (κ3) is 1.57. The van der Waals surface area contributed by atoms with Gasteiger partial charge in [-0.1, -0.05) is 12.1 Å². The minimum absolute atomic E-state index is 0.455. The van der Waals surface area contributed by atoms with Crippen molar-refractivity contribution >= 4 is 5.95 Å². The van der Waals surface area contributed by atoms with Gasteiger partial charge in [-0.25, -0.2) is 4.98 Å². The molecule has 0 aliphatic carbocycles. The number of ether oxygens (including phenoxy) is 1. The highest BCUT2D eigenvalue weighted by Gasteiger charge is 2.11. The van der Waals surface area contributed by atoms with Crippen molar-refractivity contribution in [2.45, 2.75) is 13.0 Å². The molecule has 1 aromatic heterocycles. The van der Waals surface area contributed by atoms with E-state index in [1.165, 1.54) is 11.1 Å². The number of hydrogen-bond acceptors (Lipinski definition) is 3. The Hall–Kier alpha value is -1.81. The first-order chi connectivity index (χ1) is 7.83. The van der Waals surface area contributed by atoms with Crippen LogP contribution in [-0.2, 0) is 17.8 Å². The summed E-state index contributed by atoms with van der Waals surface area (Å²) in [6.45, 7) is 1.53. The molecule has 1 aliphatic heterocycles. The van der Waals surface area contributed by atoms with E-state index in [0.29, 0.717) is 5.95 Å². The number of fused-ring (bicyclic) bond motifs is 1. The van der Waals surface area contributed by atoms with Crippen LogP contribution in [-0.4, -0.2) is 16.6 Å². The molecule has 0 atom stereocenters. The zero-order valence-corrected chi connectivity index (χ0v) is 8.86. The Bertz CT molecular complexity index is 519. The molecule has 4 heteroatoms. The molecule has 0 bridgehead atoms. The minimum atomic E-state index is 0.455. The highest BCUT2D eigenvalue weighted by Crippen LogP contribution is 2.24. The van der Waals surface area contributed by atoms with E-state index in [4.69, 9.17) is 10.5 Å². The number of nitrogen functional groups attached to an aromatic ring is 1. The first-order valence-corrected chi connectivity index (χ1v) is 5.33. The number of aromatic amines is 1. The normalized spacial score (nSPS) is 14.8. The van der Waals surface area contributed by atoms with Gasteiger partial charge < -0.3 is 15.5 Å². The Morgan fingerprint density at radius 1 is 1.31 bits per heavy atom. The van der Waals surface area contributed by atoms with Crippen molar-refractivity contribution in [3.63, 3.8) is 0 Å². The van der Waals surface area contributed by atoms with Crippen LogP contribution in [0.15, 0.2) is 24.4 Å². The van der Waals surface area contributed by atoms with Crippen molar-refractivity contribution in [1.29, 1.82) is 0 Å². The second kappa shape index (κ2) is 3.64. The lowest BCUT2D eigenvalue weighted by atomic mass is 9.99. The van der Waals surface area contributed by atoms with Gasteiger partial charge in [0.05, 0.1) is 25.1 Å². The summed E-state index contributed by atoms with van der Waals surface area (Å²) in [6, 6.07) is 6.37. The average molecular weight is 215 g/mol. The standard InChI is InChI=1S/C12H13N3O/c13-12-14-6-11(15-12)9-1-2-10-7-16-4-3-8(10)5-9/h1-2,5-6H,3-4,7H2,(H3,13,14,15). The molecule has 82 valence electrons. The zero-order valence-electron chi connectivity index (χ0n) is 8.86. The Morgan fingerprint density at radius 2 is 2.25 bits per heavy atom. The maximum absolute atomic E-state index is 5.57. The number of imidazole rings is 1. The lowest BCUT2D eigenvalue weighted by Crippen LogP contribution is -2.09. The van der Waals surface area contributed by atoms with E-state index in [1.54, 1.807) is 6.20 Å². The van der Waals surface area contributed by atoms with Crippen LogP contribution in [0.4, 0.5) is 5.95 Å². The molecule has 1 aliphatic rings. The fourth-order valence-corrected chi connectivity index (χ4v) is 2.01. The zero-order chi connectivity index (χ0) is 11.0. The summed E-state index contributed by atoms with van der Waals surface area (Å²) in [5.74, 6) is 0.455. The Kier molecular flexibility index (Phi) is 2.15. The number of aromatic nitrogens is 2. The van der Waals surface area contributed by atoms with E-state index in [-0.39, 0.29) is 0 Å². The van der Waals surface area contributed by atoms with Gasteiger partial charge in [-0.05, 0) is 29.2 Å². The Labute approximate surface area is 93.5 Å². The van der Waals surface area contributed by atoms with Crippen LogP contribution in [0, 0.1) is 0 Å². The number of hydrogen-bond donors (Lipinski definition) is 2. The number of rotatable bonds is 1. The van der Waals surface area contributed by atoms with Crippen molar-refractivity contribution in [1.82, 2.24) is 9.97 Å². The van der Waals surface area contributed by atoms with Gasteiger partial charge in [-0.2, -0.15) is 0 Å². The summed E-state index contributed by atoms with van der Waals surface area (Å²) < 4.78 is 5.41. The highest BCUT2D eigenvalue weighted by molar-refractivity contribution is 5.62. The van der Waals surface area contributed by atoms with Crippen LogP contribution in [0.2, 0.25) is 0 Å². The average Bonchev–Trinajstić information content (AvgIpc) is 2.75. The van der Waals surface area contributed by atoms with Crippen molar-refractivity contribution in [3.8, 4) is 11.3 Å². The van der Waals surface area contributed by atoms with Gasteiger partial charge in [-0.15, -0.1) is 0 Å². The van der Waals surface area contributed by atoms with Gasteiger partial charge in [0.15, 0.2) is 5.95 Å². The molecule has 0 amide bonds. The molecule has 2 aromatic rings. The van der Waals surface area contributed by atoms with Crippen LogP contribution in [0.25, 0.3) is 11.3 Å². The predicted octanol–water partition coefficient (Wildman–Crippen LogP) is 1.73. The SMILES string of the molecule is Nc1ncc(-c2ccc3c(c2)CCOC3)[nH]1. The van der Waals surface area contributed by atoms with Crippen molar-refractivity contribution in [2.75, 3.05) is 12.3 Å². The van der Waals surface area contributed by atoms with E-state index in [0.717, 1.165) is 30.9 Å². The molecule has 0 unspecified atom stereocenters. The van der Waals surface area contributed by atoms with Crippen LogP contribution >= 0.6 is 0 Å². The Morgan fingerprint density at radius 3 is 3.06 bits per heavy atom. The summed E-state index contributed by atoms with van der Waals surface area (Å²) in [4.78, 5) is 7.04. The topological polar surface area (TPSA) is 63.9 Å². The molecule has 1 aromatic carbocycles. The smallest absolute Gasteiger partial charge is 0.197 e. The van der Waals surface area contributed by atoms with E-state index in [1.807, 2.05) is 0 Å². The summed E-state index contributed by atoms with van der Waals surface area (Å²) in [7, 11) is 0. The lowest BCUT2D eigenvalue weighted by Gasteiger charge is -2.16. The lowest BCUT2D eigenvalue weighted by molar-refractivity contribution is 0.111. The molecular formula is C12H13N3O. The van der Waals surface area contributed by atoms with E-state index in [9.17, 15) is 0 Å². The molecule has 2 heterocycles. The van der Waals surface area contributed by atoms with Gasteiger partial charge in [0.1, 0.15) is 0 Å². The summed E-state index contributed by atoms with van der Waals surface area (Å²) >= 11 is 0. The van der Waals surface area contributed by atoms with Gasteiger partial charge >= 0.3 is 0 Å². The maximum atomic E-state index is 5.57. The van der Waals surface area contributed by atoms with Crippen LogP contribution in [0.1, 0.15) is 11.1 Å². The summed E-state index contributed by atoms with van der Waals surface area (Å²) in [5.41, 5.74) is 10.3. The number of benzene rings is 1. The third-order valence-electron chi connectivity index (χ3n) is 2.89. The fourth-order valence-electron chi connectivity index (χ4n) is 2.01. The van der Waals surface area contributed by atoms with Crippen LogP contribution in [0.3, 0.4) is 0 Å². The van der Waals surface area contributed by atoms with E-state index >= 15 is 0 Å². The molecule has 16 heavy (non-hydrogen) atoms. The Balaban J connectivity index is 2.02. The quantitative estimate of drug-likeness (QED) is 0.761. The fraction of sp³-hybridized carbons (Fsp3) is 0.250. The number of nitrogens with one attached hydrogen (secondary N) is 1. The van der Waals surface area contributed by atoms with E-state index in [2.05, 4.69) is 28.2 Å². The molecule has 3 rings (SSSR count). The third-order valence-corrected chi connectivity index (χ3v) is 2.89. The van der Waals surface area contributed by atoms with Gasteiger partial charge in [0.25, 0.3) is 0 Å². The highest BCUT2D eigenvalue weighted by atomic mass is 16.5. The van der Waals surface area contributed by atoms with Crippen LogP contribution < -0.4 is 5.73 Å². The van der Waals surface area contributed by atoms with Crippen LogP contribution in [0.5, 0.6) is 0 Å². The van der Waals surface area contributed by atoms with Crippen molar-refractivity contribution < 1.29 is 4.74 Å². The molecule has 0 saturated heterocycles. The minimum Gasteiger partial charge on any atom is -0.376 e. The maximum Gasteiger partial charge on any atom is 0.197 e. The van der Waals surface area contributed by atoms with Crippen molar-refractivity contribution in [2.24, 2.45) is 0 Å². The largest absolute Gasteiger partial charge is 0.376 e. The molecule has 0 fully saturated rings. The summed E-state index contributed by atoms with van der Waals surface area (Å²) in [6.07, 6.45) is 2.74. The number of nitrogens with two attached hydrogens (primary N) is 1.